The Kier molecular flexibility index (Phi) is 3.71. The third kappa shape index (κ3) is 2.74. The Morgan fingerprint density at radius 1 is 1.42 bits per heavy atom. The lowest BCUT2D eigenvalue weighted by Gasteiger charge is -2.20. The minimum Gasteiger partial charge on any atom is -0.385 e. The monoisotopic (exact) mass is 335 g/mol. The number of Topliss-reactive ketones (excluding diaryl/α,β-unsaturated/α-hetero) is 1. The molecule has 0 bridgehead atoms. The molecule has 1 aliphatic rings. The largest absolute Gasteiger partial charge is 0.385 e. The number of nitrogens with one attached hydrogen (secondary N) is 1. The maximum Gasteiger partial charge on any atom is 0.168 e. The molecule has 0 aliphatic carbocycles. The number of anilines is 1. The highest BCUT2D eigenvalue weighted by Crippen LogP contribution is 2.27. The number of benzene rings is 1. The Morgan fingerprint density at radius 3 is 3.11 bits per heavy atom. The molecule has 19 heavy (non-hydrogen) atoms. The first-order valence-corrected chi connectivity index (χ1v) is 8.03. The summed E-state index contributed by atoms with van der Waals surface area (Å²) in [6.45, 7) is 1.00. The molecular weight excluding hydrogens is 322 g/mol. The maximum atomic E-state index is 12.5. The van der Waals surface area contributed by atoms with Gasteiger partial charge in [0, 0.05) is 38.9 Å². The summed E-state index contributed by atoms with van der Waals surface area (Å²) in [6, 6.07) is 8.01. The van der Waals surface area contributed by atoms with Crippen molar-refractivity contribution >= 4 is 38.7 Å². The highest BCUT2D eigenvalue weighted by molar-refractivity contribution is 9.10. The van der Waals surface area contributed by atoms with Crippen LogP contribution in [0.4, 0.5) is 5.69 Å². The van der Waals surface area contributed by atoms with Gasteiger partial charge in [-0.1, -0.05) is 12.1 Å². The first-order chi connectivity index (χ1) is 9.24. The van der Waals surface area contributed by atoms with E-state index < -0.39 is 0 Å². The molecule has 0 fully saturated rings. The lowest BCUT2D eigenvalue weighted by Crippen LogP contribution is -2.16. The van der Waals surface area contributed by atoms with E-state index in [0.717, 1.165) is 40.0 Å². The fraction of sp³-hybridized carbons (Fsp3) is 0.267. The number of thiophene rings is 1. The Hall–Kier alpha value is -1.13. The van der Waals surface area contributed by atoms with E-state index >= 15 is 0 Å². The summed E-state index contributed by atoms with van der Waals surface area (Å²) in [5.41, 5.74) is 3.20. The number of halogens is 1. The van der Waals surface area contributed by atoms with Crippen LogP contribution in [0.5, 0.6) is 0 Å². The second-order valence-corrected chi connectivity index (χ2v) is 6.60. The second kappa shape index (κ2) is 5.47. The van der Waals surface area contributed by atoms with Gasteiger partial charge < -0.3 is 5.32 Å². The molecule has 2 heterocycles. The number of hydrogen-bond donors (Lipinski definition) is 1. The third-order valence-electron chi connectivity index (χ3n) is 3.35. The highest BCUT2D eigenvalue weighted by atomic mass is 79.9. The molecule has 2 nitrogen and oxygen atoms in total. The van der Waals surface area contributed by atoms with Crippen molar-refractivity contribution in [3.63, 3.8) is 0 Å². The lowest BCUT2D eigenvalue weighted by molar-refractivity contribution is 0.0993. The number of carbonyl (C=O) groups is 1. The van der Waals surface area contributed by atoms with Crippen LogP contribution in [-0.2, 0) is 12.8 Å². The van der Waals surface area contributed by atoms with E-state index in [1.165, 1.54) is 5.56 Å². The first kappa shape index (κ1) is 12.9. The maximum absolute atomic E-state index is 12.5. The topological polar surface area (TPSA) is 29.1 Å². The van der Waals surface area contributed by atoms with E-state index in [-0.39, 0.29) is 5.78 Å². The fourth-order valence-corrected chi connectivity index (χ4v) is 3.92. The zero-order chi connectivity index (χ0) is 13.2. The second-order valence-electron chi connectivity index (χ2n) is 4.69. The third-order valence-corrected chi connectivity index (χ3v) is 5.05. The Balaban J connectivity index is 1.87. The molecule has 1 aliphatic heterocycles. The van der Waals surface area contributed by atoms with Crippen LogP contribution >= 0.6 is 27.3 Å². The average Bonchev–Trinajstić information content (AvgIpc) is 2.83. The van der Waals surface area contributed by atoms with E-state index in [2.05, 4.69) is 27.3 Å². The van der Waals surface area contributed by atoms with Crippen molar-refractivity contribution < 1.29 is 4.79 Å². The number of fused-ring (bicyclic) bond motifs is 1. The van der Waals surface area contributed by atoms with Gasteiger partial charge in [-0.05, 0) is 46.5 Å². The van der Waals surface area contributed by atoms with E-state index in [0.29, 0.717) is 6.42 Å². The van der Waals surface area contributed by atoms with Gasteiger partial charge in [0.25, 0.3) is 0 Å². The molecular formula is C15H14BrNOS. The molecule has 0 saturated heterocycles. The predicted octanol–water partition coefficient (Wildman–Crippen LogP) is 4.29. The fourth-order valence-electron chi connectivity index (χ4n) is 2.47. The van der Waals surface area contributed by atoms with Crippen molar-refractivity contribution in [2.24, 2.45) is 0 Å². The standard InChI is InChI=1S/C15H14BrNOS/c16-10-7-11(19-9-10)8-15(18)13-3-1-5-14-12(13)4-2-6-17-14/h1,3,5,7,9,17H,2,4,6,8H2. The van der Waals surface area contributed by atoms with E-state index in [1.807, 2.05) is 23.6 Å². The van der Waals surface area contributed by atoms with Crippen LogP contribution in [0.3, 0.4) is 0 Å². The minimum absolute atomic E-state index is 0.218. The van der Waals surface area contributed by atoms with Gasteiger partial charge in [0.05, 0.1) is 0 Å². The van der Waals surface area contributed by atoms with Gasteiger partial charge in [0.2, 0.25) is 0 Å². The highest BCUT2D eigenvalue weighted by Gasteiger charge is 2.17. The SMILES string of the molecule is O=C(Cc1cc(Br)cs1)c1cccc2c1CCCN2. The molecule has 0 unspecified atom stereocenters. The van der Waals surface area contributed by atoms with Crippen molar-refractivity contribution in [1.82, 2.24) is 0 Å². The molecule has 0 spiro atoms. The summed E-state index contributed by atoms with van der Waals surface area (Å²) >= 11 is 5.05. The molecule has 0 saturated carbocycles. The van der Waals surface area contributed by atoms with Gasteiger partial charge in [-0.2, -0.15) is 0 Å². The van der Waals surface area contributed by atoms with Gasteiger partial charge in [-0.25, -0.2) is 0 Å². The summed E-state index contributed by atoms with van der Waals surface area (Å²) in [7, 11) is 0. The van der Waals surface area contributed by atoms with Gasteiger partial charge in [0.15, 0.2) is 5.78 Å². The zero-order valence-electron chi connectivity index (χ0n) is 10.4. The predicted molar refractivity (Wildman–Crippen MR) is 83.3 cm³/mol. The molecule has 98 valence electrons. The molecule has 0 amide bonds. The molecule has 0 radical (unpaired) electrons. The number of rotatable bonds is 3. The molecule has 1 aromatic carbocycles. The summed E-state index contributed by atoms with van der Waals surface area (Å²) in [6.07, 6.45) is 2.59. The smallest absolute Gasteiger partial charge is 0.168 e. The van der Waals surface area contributed by atoms with Gasteiger partial charge in [0.1, 0.15) is 0 Å². The molecule has 3 rings (SSSR count). The van der Waals surface area contributed by atoms with Crippen LogP contribution in [0.15, 0.2) is 34.1 Å². The molecule has 1 aromatic heterocycles. The van der Waals surface area contributed by atoms with Gasteiger partial charge in [-0.3, -0.25) is 4.79 Å². The van der Waals surface area contributed by atoms with E-state index in [4.69, 9.17) is 0 Å². The number of carbonyl (C=O) groups excluding carboxylic acids is 1. The number of hydrogen-bond acceptors (Lipinski definition) is 3. The van der Waals surface area contributed by atoms with Crippen LogP contribution < -0.4 is 5.32 Å². The van der Waals surface area contributed by atoms with Crippen LogP contribution in [0.25, 0.3) is 0 Å². The Morgan fingerprint density at radius 2 is 2.32 bits per heavy atom. The zero-order valence-corrected chi connectivity index (χ0v) is 12.8. The Bertz CT molecular complexity index is 620. The van der Waals surface area contributed by atoms with Crippen molar-refractivity contribution in [2.75, 3.05) is 11.9 Å². The molecule has 2 aromatic rings. The van der Waals surface area contributed by atoms with Crippen LogP contribution in [0, 0.1) is 0 Å². The summed E-state index contributed by atoms with van der Waals surface area (Å²) in [4.78, 5) is 13.6. The van der Waals surface area contributed by atoms with E-state index in [9.17, 15) is 4.79 Å². The average molecular weight is 336 g/mol. The van der Waals surface area contributed by atoms with Crippen molar-refractivity contribution in [2.45, 2.75) is 19.3 Å². The first-order valence-electron chi connectivity index (χ1n) is 6.36. The van der Waals surface area contributed by atoms with Crippen molar-refractivity contribution in [3.05, 3.63) is 50.1 Å². The normalized spacial score (nSPS) is 13.7. The van der Waals surface area contributed by atoms with Crippen molar-refractivity contribution in [1.29, 1.82) is 0 Å². The lowest BCUT2D eigenvalue weighted by atomic mass is 9.94. The van der Waals surface area contributed by atoms with Gasteiger partial charge in [-0.15, -0.1) is 11.3 Å². The van der Waals surface area contributed by atoms with Crippen LogP contribution in [-0.4, -0.2) is 12.3 Å². The van der Waals surface area contributed by atoms with Crippen LogP contribution in [0.1, 0.15) is 27.2 Å². The van der Waals surface area contributed by atoms with Crippen molar-refractivity contribution in [3.8, 4) is 0 Å². The quantitative estimate of drug-likeness (QED) is 0.847. The van der Waals surface area contributed by atoms with Gasteiger partial charge >= 0.3 is 0 Å². The van der Waals surface area contributed by atoms with Crippen LogP contribution in [0.2, 0.25) is 0 Å². The molecule has 1 N–H and O–H groups in total. The molecule has 0 atom stereocenters. The van der Waals surface area contributed by atoms with E-state index in [1.54, 1.807) is 11.3 Å². The minimum atomic E-state index is 0.218. The summed E-state index contributed by atoms with van der Waals surface area (Å²) in [5, 5.41) is 5.39. The molecule has 4 heteroatoms. The Labute approximate surface area is 125 Å². The number of ketones is 1. The summed E-state index contributed by atoms with van der Waals surface area (Å²) in [5.74, 6) is 0.218. The summed E-state index contributed by atoms with van der Waals surface area (Å²) < 4.78 is 1.05.